The standard InChI is InChI=1S/C19H18ClN3O2S/c1-11-13-4-3-5-15(13)23-19(14(11)9-21)26-10-18(24)22-16-8-12(20)6-7-17(16)25-2/h6-8H,3-5,10H2,1-2H3,(H,22,24). The summed E-state index contributed by atoms with van der Waals surface area (Å²) >= 11 is 7.26. The first-order valence-electron chi connectivity index (χ1n) is 8.22. The maximum atomic E-state index is 12.3. The second kappa shape index (κ2) is 7.98. The summed E-state index contributed by atoms with van der Waals surface area (Å²) in [6.45, 7) is 1.96. The lowest BCUT2D eigenvalue weighted by molar-refractivity contribution is -0.113. The van der Waals surface area contributed by atoms with E-state index in [1.54, 1.807) is 18.2 Å². The number of ether oxygens (including phenoxy) is 1. The first-order chi connectivity index (χ1) is 12.5. The highest BCUT2D eigenvalue weighted by molar-refractivity contribution is 8.00. The summed E-state index contributed by atoms with van der Waals surface area (Å²) in [5, 5.41) is 13.4. The predicted molar refractivity (Wildman–Crippen MR) is 103 cm³/mol. The average molecular weight is 388 g/mol. The van der Waals surface area contributed by atoms with Crippen LogP contribution >= 0.6 is 23.4 Å². The number of hydrogen-bond acceptors (Lipinski definition) is 5. The number of amides is 1. The van der Waals surface area contributed by atoms with E-state index in [4.69, 9.17) is 16.3 Å². The van der Waals surface area contributed by atoms with Crippen molar-refractivity contribution >= 4 is 35.0 Å². The number of anilines is 1. The van der Waals surface area contributed by atoms with Crippen LogP contribution in [0.5, 0.6) is 5.75 Å². The number of aromatic nitrogens is 1. The molecular formula is C19H18ClN3O2S. The normalized spacial score (nSPS) is 12.4. The largest absolute Gasteiger partial charge is 0.495 e. The number of thioether (sulfide) groups is 1. The maximum Gasteiger partial charge on any atom is 0.234 e. The van der Waals surface area contributed by atoms with Gasteiger partial charge in [0.25, 0.3) is 0 Å². The van der Waals surface area contributed by atoms with Gasteiger partial charge in [-0.3, -0.25) is 4.79 Å². The van der Waals surface area contributed by atoms with Crippen LogP contribution in [0.3, 0.4) is 0 Å². The second-order valence-electron chi connectivity index (χ2n) is 5.99. The molecule has 1 heterocycles. The molecule has 0 fully saturated rings. The zero-order valence-corrected chi connectivity index (χ0v) is 16.1. The van der Waals surface area contributed by atoms with Crippen molar-refractivity contribution in [3.8, 4) is 11.8 Å². The first-order valence-corrected chi connectivity index (χ1v) is 9.58. The lowest BCUT2D eigenvalue weighted by Crippen LogP contribution is -2.15. The molecule has 1 aliphatic rings. The summed E-state index contributed by atoms with van der Waals surface area (Å²) in [7, 11) is 1.53. The molecule has 134 valence electrons. The summed E-state index contributed by atoms with van der Waals surface area (Å²) in [6.07, 6.45) is 2.97. The molecule has 0 radical (unpaired) electrons. The Balaban J connectivity index is 1.74. The molecule has 26 heavy (non-hydrogen) atoms. The van der Waals surface area contributed by atoms with E-state index < -0.39 is 0 Å². The molecule has 0 spiro atoms. The minimum atomic E-state index is -0.209. The molecule has 1 N–H and O–H groups in total. The lowest BCUT2D eigenvalue weighted by atomic mass is 10.0. The van der Waals surface area contributed by atoms with Gasteiger partial charge in [0.2, 0.25) is 5.91 Å². The molecule has 0 aliphatic heterocycles. The number of hydrogen-bond donors (Lipinski definition) is 1. The summed E-state index contributed by atoms with van der Waals surface area (Å²) in [5.41, 5.74) is 4.34. The van der Waals surface area contributed by atoms with Gasteiger partial charge in [-0.25, -0.2) is 4.98 Å². The van der Waals surface area contributed by atoms with Crippen molar-refractivity contribution < 1.29 is 9.53 Å². The molecule has 3 rings (SSSR count). The van der Waals surface area contributed by atoms with E-state index in [9.17, 15) is 10.1 Å². The monoisotopic (exact) mass is 387 g/mol. The van der Waals surface area contributed by atoms with E-state index in [1.165, 1.54) is 24.4 Å². The third kappa shape index (κ3) is 3.79. The van der Waals surface area contributed by atoms with Crippen LogP contribution in [0.2, 0.25) is 5.02 Å². The number of nitrogens with one attached hydrogen (secondary N) is 1. The van der Waals surface area contributed by atoms with Gasteiger partial charge >= 0.3 is 0 Å². The number of nitriles is 1. The van der Waals surface area contributed by atoms with Crippen molar-refractivity contribution in [2.45, 2.75) is 31.2 Å². The van der Waals surface area contributed by atoms with Crippen LogP contribution < -0.4 is 10.1 Å². The molecule has 1 aromatic carbocycles. The Hall–Kier alpha value is -2.23. The van der Waals surface area contributed by atoms with E-state index in [2.05, 4.69) is 16.4 Å². The molecule has 1 aromatic heterocycles. The molecule has 0 saturated carbocycles. The number of halogens is 1. The van der Waals surface area contributed by atoms with Gasteiger partial charge in [0.1, 0.15) is 16.8 Å². The second-order valence-corrected chi connectivity index (χ2v) is 7.39. The minimum Gasteiger partial charge on any atom is -0.495 e. The first kappa shape index (κ1) is 18.6. The third-order valence-corrected chi connectivity index (χ3v) is 5.56. The van der Waals surface area contributed by atoms with Crippen LogP contribution in [0, 0.1) is 18.3 Å². The van der Waals surface area contributed by atoms with Gasteiger partial charge in [0, 0.05) is 10.7 Å². The smallest absolute Gasteiger partial charge is 0.234 e. The highest BCUT2D eigenvalue weighted by Crippen LogP contribution is 2.32. The van der Waals surface area contributed by atoms with Crippen molar-refractivity contribution in [2.75, 3.05) is 18.2 Å². The molecule has 0 unspecified atom stereocenters. The topological polar surface area (TPSA) is 75.0 Å². The molecule has 7 heteroatoms. The molecule has 1 amide bonds. The van der Waals surface area contributed by atoms with Crippen molar-refractivity contribution in [1.82, 2.24) is 4.98 Å². The molecule has 0 bridgehead atoms. The quantitative estimate of drug-likeness (QED) is 0.780. The van der Waals surface area contributed by atoms with Crippen LogP contribution in [-0.2, 0) is 17.6 Å². The van der Waals surface area contributed by atoms with E-state index in [0.717, 1.165) is 30.5 Å². The van der Waals surface area contributed by atoms with Gasteiger partial charge in [-0.15, -0.1) is 0 Å². The third-order valence-electron chi connectivity index (χ3n) is 4.35. The average Bonchev–Trinajstić information content (AvgIpc) is 3.09. The van der Waals surface area contributed by atoms with Crippen molar-refractivity contribution in [3.63, 3.8) is 0 Å². The molecule has 1 aliphatic carbocycles. The Kier molecular flexibility index (Phi) is 5.70. The highest BCUT2D eigenvalue weighted by atomic mass is 35.5. The van der Waals surface area contributed by atoms with E-state index >= 15 is 0 Å². The summed E-state index contributed by atoms with van der Waals surface area (Å²) in [5.74, 6) is 0.478. The van der Waals surface area contributed by atoms with Crippen LogP contribution in [0.4, 0.5) is 5.69 Å². The number of pyridine rings is 1. The molecule has 0 saturated heterocycles. The minimum absolute atomic E-state index is 0.148. The molecule has 5 nitrogen and oxygen atoms in total. The van der Waals surface area contributed by atoms with Crippen LogP contribution in [0.1, 0.15) is 28.8 Å². The van der Waals surface area contributed by atoms with E-state index in [0.29, 0.717) is 27.0 Å². The Morgan fingerprint density at radius 1 is 1.46 bits per heavy atom. The maximum absolute atomic E-state index is 12.3. The highest BCUT2D eigenvalue weighted by Gasteiger charge is 2.21. The van der Waals surface area contributed by atoms with Crippen molar-refractivity contribution in [2.24, 2.45) is 0 Å². The fourth-order valence-electron chi connectivity index (χ4n) is 3.08. The fourth-order valence-corrected chi connectivity index (χ4v) is 4.11. The predicted octanol–water partition coefficient (Wildman–Crippen LogP) is 4.14. The Bertz CT molecular complexity index is 909. The summed E-state index contributed by atoms with van der Waals surface area (Å²) in [4.78, 5) is 17.0. The molecular weight excluding hydrogens is 370 g/mol. The molecule has 0 atom stereocenters. The lowest BCUT2D eigenvalue weighted by Gasteiger charge is -2.12. The molecule has 2 aromatic rings. The Morgan fingerprint density at radius 3 is 3.00 bits per heavy atom. The number of aryl methyl sites for hydroxylation is 1. The number of methoxy groups -OCH3 is 1. The van der Waals surface area contributed by atoms with Gasteiger partial charge in [0.15, 0.2) is 0 Å². The SMILES string of the molecule is COc1ccc(Cl)cc1NC(=O)CSc1nc2c(c(C)c1C#N)CCC2. The van der Waals surface area contributed by atoms with Gasteiger partial charge in [-0.2, -0.15) is 5.26 Å². The van der Waals surface area contributed by atoms with E-state index in [1.807, 2.05) is 6.92 Å². The number of benzene rings is 1. The Morgan fingerprint density at radius 2 is 2.27 bits per heavy atom. The zero-order chi connectivity index (χ0) is 18.7. The van der Waals surface area contributed by atoms with Gasteiger partial charge in [-0.1, -0.05) is 23.4 Å². The summed E-state index contributed by atoms with van der Waals surface area (Å²) < 4.78 is 5.23. The van der Waals surface area contributed by atoms with Gasteiger partial charge in [0.05, 0.1) is 24.1 Å². The van der Waals surface area contributed by atoms with Crippen molar-refractivity contribution in [1.29, 1.82) is 5.26 Å². The van der Waals surface area contributed by atoms with E-state index in [-0.39, 0.29) is 11.7 Å². The Labute approximate surface area is 161 Å². The van der Waals surface area contributed by atoms with Crippen LogP contribution in [0.15, 0.2) is 23.2 Å². The number of nitrogens with zero attached hydrogens (tertiary/aromatic N) is 2. The number of fused-ring (bicyclic) bond motifs is 1. The number of carbonyl (C=O) groups excluding carboxylic acids is 1. The van der Waals surface area contributed by atoms with Crippen LogP contribution in [0.25, 0.3) is 0 Å². The zero-order valence-electron chi connectivity index (χ0n) is 14.6. The van der Waals surface area contributed by atoms with Gasteiger partial charge in [-0.05, 0) is 55.5 Å². The number of carbonyl (C=O) groups is 1. The van der Waals surface area contributed by atoms with Crippen molar-refractivity contribution in [3.05, 3.63) is 45.6 Å². The van der Waals surface area contributed by atoms with Gasteiger partial charge < -0.3 is 10.1 Å². The fraction of sp³-hybridized carbons (Fsp3) is 0.316. The van der Waals surface area contributed by atoms with Crippen LogP contribution in [-0.4, -0.2) is 23.8 Å². The number of rotatable bonds is 5. The summed E-state index contributed by atoms with van der Waals surface area (Å²) in [6, 6.07) is 7.27.